The Labute approximate surface area is 218 Å². The van der Waals surface area contributed by atoms with Crippen LogP contribution in [0, 0.1) is 11.3 Å². The summed E-state index contributed by atoms with van der Waals surface area (Å²) in [5.41, 5.74) is 8.96. The van der Waals surface area contributed by atoms with Crippen LogP contribution in [0.3, 0.4) is 0 Å². The molecule has 0 radical (unpaired) electrons. The Balaban J connectivity index is 1.41. The molecule has 1 aliphatic rings. The first kappa shape index (κ1) is 25.7. The van der Waals surface area contributed by atoms with Gasteiger partial charge in [-0.15, -0.1) is 11.3 Å². The van der Waals surface area contributed by atoms with Crippen molar-refractivity contribution in [2.45, 2.75) is 18.9 Å². The number of carbonyl (C=O) groups excluding carboxylic acids is 2. The number of rotatable bonds is 7. The van der Waals surface area contributed by atoms with Crippen molar-refractivity contribution in [1.29, 1.82) is 5.26 Å². The predicted octanol–water partition coefficient (Wildman–Crippen LogP) is 3.50. The van der Waals surface area contributed by atoms with Crippen LogP contribution in [0.2, 0.25) is 0 Å². The molecule has 10 heteroatoms. The van der Waals surface area contributed by atoms with E-state index in [-0.39, 0.29) is 12.3 Å². The smallest absolute Gasteiger partial charge is 0.305 e. The third kappa shape index (κ3) is 6.26. The summed E-state index contributed by atoms with van der Waals surface area (Å²) in [5, 5.41) is 22.8. The summed E-state index contributed by atoms with van der Waals surface area (Å²) in [5.74, 6) is -1.47. The van der Waals surface area contributed by atoms with E-state index in [4.69, 9.17) is 11.0 Å². The molecule has 1 aliphatic heterocycles. The maximum atomic E-state index is 12.9. The van der Waals surface area contributed by atoms with Gasteiger partial charge < -0.3 is 26.0 Å². The molecule has 0 spiro atoms. The number of nitrogens with zero attached hydrogens (tertiary/aromatic N) is 3. The van der Waals surface area contributed by atoms with E-state index >= 15 is 0 Å². The molecule has 1 saturated heterocycles. The van der Waals surface area contributed by atoms with Gasteiger partial charge in [-0.25, -0.2) is 0 Å². The van der Waals surface area contributed by atoms with Crippen molar-refractivity contribution in [2.24, 2.45) is 0 Å². The minimum absolute atomic E-state index is 0.0759. The molecular weight excluding hydrogens is 490 g/mol. The van der Waals surface area contributed by atoms with Crippen LogP contribution in [-0.2, 0) is 4.79 Å². The fraction of sp³-hybridized carbons (Fsp3) is 0.259. The normalized spacial score (nSPS) is 14.4. The SMILES string of the molecule is N#Cc1ccc(C(=O)N2CCCN(c3ccc(C(=O)NC(CC(=O)O)c4cccs4)cc3N)CC2)cc1. The molecule has 2 heterocycles. The number of anilines is 2. The first-order valence-corrected chi connectivity index (χ1v) is 12.7. The van der Waals surface area contributed by atoms with Crippen LogP contribution < -0.4 is 16.0 Å². The summed E-state index contributed by atoms with van der Waals surface area (Å²) in [4.78, 5) is 41.8. The lowest BCUT2D eigenvalue weighted by Gasteiger charge is -2.25. The van der Waals surface area contributed by atoms with Gasteiger partial charge in [0.25, 0.3) is 11.8 Å². The van der Waals surface area contributed by atoms with Crippen molar-refractivity contribution < 1.29 is 19.5 Å². The van der Waals surface area contributed by atoms with Crippen molar-refractivity contribution in [3.05, 3.63) is 81.5 Å². The number of nitrogens with one attached hydrogen (secondary N) is 1. The maximum absolute atomic E-state index is 12.9. The van der Waals surface area contributed by atoms with Gasteiger partial charge in [0, 0.05) is 42.2 Å². The highest BCUT2D eigenvalue weighted by molar-refractivity contribution is 7.10. The standard InChI is InChI=1S/C27H27N5O4S/c28-17-18-4-6-19(7-5-18)27(36)32-11-2-10-31(12-13-32)23-9-8-20(15-21(23)29)26(35)30-22(16-25(33)34)24-3-1-14-37-24/h1,3-9,14-15,22H,2,10-13,16,29H2,(H,30,35)(H,33,34). The lowest BCUT2D eigenvalue weighted by atomic mass is 10.1. The number of carboxylic acid groups (broad SMARTS) is 1. The Bertz CT molecular complexity index is 1320. The van der Waals surface area contributed by atoms with Gasteiger partial charge in [0.15, 0.2) is 0 Å². The number of carboxylic acids is 1. The van der Waals surface area contributed by atoms with Gasteiger partial charge in [0.05, 0.1) is 35.5 Å². The van der Waals surface area contributed by atoms with Crippen LogP contribution in [0.25, 0.3) is 0 Å². The minimum Gasteiger partial charge on any atom is -0.481 e. The monoisotopic (exact) mass is 517 g/mol. The Morgan fingerprint density at radius 2 is 1.81 bits per heavy atom. The van der Waals surface area contributed by atoms with Gasteiger partial charge in [-0.2, -0.15) is 5.26 Å². The Morgan fingerprint density at radius 3 is 2.46 bits per heavy atom. The molecule has 3 aromatic rings. The van der Waals surface area contributed by atoms with Crippen molar-refractivity contribution in [2.75, 3.05) is 36.8 Å². The number of benzene rings is 2. The summed E-state index contributed by atoms with van der Waals surface area (Å²) in [6, 6.07) is 16.7. The van der Waals surface area contributed by atoms with Crippen molar-refractivity contribution >= 4 is 40.5 Å². The van der Waals surface area contributed by atoms with Crippen molar-refractivity contribution in [1.82, 2.24) is 10.2 Å². The van der Waals surface area contributed by atoms with Crippen LogP contribution in [0.5, 0.6) is 0 Å². The average molecular weight is 518 g/mol. The summed E-state index contributed by atoms with van der Waals surface area (Å²) in [6.45, 7) is 2.39. The number of hydrogen-bond donors (Lipinski definition) is 3. The lowest BCUT2D eigenvalue weighted by Crippen LogP contribution is -2.35. The molecule has 0 saturated carbocycles. The summed E-state index contributed by atoms with van der Waals surface area (Å²) < 4.78 is 0. The molecule has 1 unspecified atom stereocenters. The Morgan fingerprint density at radius 1 is 1.05 bits per heavy atom. The van der Waals surface area contributed by atoms with Gasteiger partial charge in [0.2, 0.25) is 0 Å². The van der Waals surface area contributed by atoms with E-state index in [0.29, 0.717) is 48.6 Å². The van der Waals surface area contributed by atoms with E-state index in [1.807, 2.05) is 11.4 Å². The quantitative estimate of drug-likeness (QED) is 0.408. The number of thiophene rings is 1. The molecule has 190 valence electrons. The molecule has 37 heavy (non-hydrogen) atoms. The second-order valence-corrected chi connectivity index (χ2v) is 9.71. The number of amides is 2. The predicted molar refractivity (Wildman–Crippen MR) is 142 cm³/mol. The van der Waals surface area contributed by atoms with Crippen LogP contribution in [0.4, 0.5) is 11.4 Å². The maximum Gasteiger partial charge on any atom is 0.305 e. The van der Waals surface area contributed by atoms with E-state index in [9.17, 15) is 19.5 Å². The molecular formula is C27H27N5O4S. The molecule has 1 fully saturated rings. The fourth-order valence-electron chi connectivity index (χ4n) is 4.34. The number of carbonyl (C=O) groups is 3. The van der Waals surface area contributed by atoms with Gasteiger partial charge in [-0.1, -0.05) is 6.07 Å². The molecule has 2 amide bonds. The Hall–Kier alpha value is -4.36. The van der Waals surface area contributed by atoms with Gasteiger partial charge in [-0.3, -0.25) is 14.4 Å². The number of nitrogen functional groups attached to an aromatic ring is 1. The van der Waals surface area contributed by atoms with Crippen LogP contribution in [-0.4, -0.2) is 54.0 Å². The molecule has 1 aromatic heterocycles. The third-order valence-electron chi connectivity index (χ3n) is 6.25. The highest BCUT2D eigenvalue weighted by Gasteiger charge is 2.23. The van der Waals surface area contributed by atoms with E-state index in [2.05, 4.69) is 16.3 Å². The second-order valence-electron chi connectivity index (χ2n) is 8.73. The highest BCUT2D eigenvalue weighted by Crippen LogP contribution is 2.27. The zero-order chi connectivity index (χ0) is 26.4. The van der Waals surface area contributed by atoms with E-state index in [1.165, 1.54) is 11.3 Å². The molecule has 2 aromatic carbocycles. The molecule has 1 atom stereocenters. The molecule has 4 rings (SSSR count). The van der Waals surface area contributed by atoms with E-state index in [1.54, 1.807) is 53.4 Å². The van der Waals surface area contributed by atoms with Gasteiger partial charge >= 0.3 is 5.97 Å². The van der Waals surface area contributed by atoms with Gasteiger partial charge in [-0.05, 0) is 60.3 Å². The topological polar surface area (TPSA) is 140 Å². The van der Waals surface area contributed by atoms with Crippen molar-refractivity contribution in [3.8, 4) is 6.07 Å². The number of hydrogen-bond acceptors (Lipinski definition) is 7. The van der Waals surface area contributed by atoms with E-state index in [0.717, 1.165) is 17.0 Å². The largest absolute Gasteiger partial charge is 0.481 e. The minimum atomic E-state index is -0.999. The number of nitrogens with two attached hydrogens (primary N) is 1. The van der Waals surface area contributed by atoms with E-state index < -0.39 is 17.9 Å². The molecule has 4 N–H and O–H groups in total. The van der Waals surface area contributed by atoms with Gasteiger partial charge in [0.1, 0.15) is 0 Å². The fourth-order valence-corrected chi connectivity index (χ4v) is 5.12. The molecule has 0 bridgehead atoms. The highest BCUT2D eigenvalue weighted by atomic mass is 32.1. The zero-order valence-corrected chi connectivity index (χ0v) is 20.9. The van der Waals surface area contributed by atoms with Crippen LogP contribution in [0.15, 0.2) is 60.0 Å². The number of aliphatic carboxylic acids is 1. The summed E-state index contributed by atoms with van der Waals surface area (Å²) >= 11 is 1.39. The lowest BCUT2D eigenvalue weighted by molar-refractivity contribution is -0.137. The molecule has 9 nitrogen and oxygen atoms in total. The Kier molecular flexibility index (Phi) is 8.05. The number of nitriles is 1. The second kappa shape index (κ2) is 11.6. The first-order chi connectivity index (χ1) is 17.9. The van der Waals surface area contributed by atoms with Crippen molar-refractivity contribution in [3.63, 3.8) is 0 Å². The van der Waals surface area contributed by atoms with Crippen LogP contribution in [0.1, 0.15) is 50.0 Å². The first-order valence-electron chi connectivity index (χ1n) is 11.9. The third-order valence-corrected chi connectivity index (χ3v) is 7.23. The zero-order valence-electron chi connectivity index (χ0n) is 20.1. The van der Waals surface area contributed by atoms with Crippen LogP contribution >= 0.6 is 11.3 Å². The average Bonchev–Trinajstić information content (AvgIpc) is 3.33. The molecule has 0 aliphatic carbocycles. The summed E-state index contributed by atoms with van der Waals surface area (Å²) in [6.07, 6.45) is 0.534. The summed E-state index contributed by atoms with van der Waals surface area (Å²) in [7, 11) is 0.